The van der Waals surface area contributed by atoms with Crippen LogP contribution >= 0.6 is 0 Å². The Labute approximate surface area is 165 Å². The molecular formula is C24H25NO3. The van der Waals surface area contributed by atoms with Gasteiger partial charge in [-0.15, -0.1) is 0 Å². The van der Waals surface area contributed by atoms with Gasteiger partial charge in [0.1, 0.15) is 5.75 Å². The molecule has 4 nitrogen and oxygen atoms in total. The van der Waals surface area contributed by atoms with Crippen LogP contribution in [0.4, 0.5) is 0 Å². The van der Waals surface area contributed by atoms with Gasteiger partial charge in [0.15, 0.2) is 0 Å². The summed E-state index contributed by atoms with van der Waals surface area (Å²) < 4.78 is 5.31. The molecule has 0 aromatic heterocycles. The first kappa shape index (κ1) is 18.5. The number of aryl methyl sites for hydroxylation is 1. The van der Waals surface area contributed by atoms with Gasteiger partial charge < -0.3 is 15.2 Å². The normalized spacial score (nSPS) is 15.9. The van der Waals surface area contributed by atoms with Crippen LogP contribution in [0, 0.1) is 6.92 Å². The number of benzene rings is 3. The summed E-state index contributed by atoms with van der Waals surface area (Å²) in [6.07, 6.45) is 1.49. The fraction of sp³-hybridized carbons (Fsp3) is 0.292. The number of aliphatic hydroxyl groups is 1. The fourth-order valence-electron chi connectivity index (χ4n) is 3.70. The summed E-state index contributed by atoms with van der Waals surface area (Å²) in [5.74, 6) is 0.688. The molecule has 0 bridgehead atoms. The monoisotopic (exact) mass is 375 g/mol. The average molecular weight is 375 g/mol. The largest absolute Gasteiger partial charge is 0.497 e. The van der Waals surface area contributed by atoms with Gasteiger partial charge in [-0.05, 0) is 78.4 Å². The number of nitrogens with one attached hydrogen (secondary N) is 1. The third-order valence-corrected chi connectivity index (χ3v) is 5.78. The molecule has 0 radical (unpaired) electrons. The molecule has 144 valence electrons. The first-order chi connectivity index (χ1) is 13.4. The number of hydrogen-bond donors (Lipinski definition) is 2. The van der Waals surface area contributed by atoms with E-state index in [1.807, 2.05) is 49.4 Å². The van der Waals surface area contributed by atoms with Gasteiger partial charge in [-0.1, -0.05) is 30.3 Å². The highest BCUT2D eigenvalue weighted by Gasteiger charge is 2.46. The smallest absolute Gasteiger partial charge is 0.251 e. The molecule has 0 saturated heterocycles. The standard InChI is InChI=1S/C24H25NO3/c1-15-13-19(28-3)8-10-20(15)22-6-4-5-17-14-18(7-9-21(17)22)23(26)25-16(2)24(27)11-12-24/h4-10,13-14,16,27H,11-12H2,1-3H3,(H,25,26). The maximum atomic E-state index is 12.6. The van der Waals surface area contributed by atoms with Gasteiger partial charge in [-0.2, -0.15) is 0 Å². The second kappa shape index (κ2) is 6.95. The van der Waals surface area contributed by atoms with Gasteiger partial charge in [0.05, 0.1) is 18.8 Å². The molecule has 4 rings (SSSR count). The van der Waals surface area contributed by atoms with Crippen LogP contribution in [0.15, 0.2) is 54.6 Å². The minimum absolute atomic E-state index is 0.152. The van der Waals surface area contributed by atoms with E-state index < -0.39 is 5.60 Å². The minimum atomic E-state index is -0.731. The Balaban J connectivity index is 1.67. The zero-order valence-electron chi connectivity index (χ0n) is 16.5. The number of carbonyl (C=O) groups excluding carboxylic acids is 1. The maximum Gasteiger partial charge on any atom is 0.251 e. The van der Waals surface area contributed by atoms with Crippen molar-refractivity contribution in [1.82, 2.24) is 5.32 Å². The van der Waals surface area contributed by atoms with Crippen LogP contribution in [-0.4, -0.2) is 29.8 Å². The van der Waals surface area contributed by atoms with Crippen molar-refractivity contribution in [1.29, 1.82) is 0 Å². The lowest BCUT2D eigenvalue weighted by Crippen LogP contribution is -2.42. The molecule has 4 heteroatoms. The van der Waals surface area contributed by atoms with Crippen LogP contribution in [0.5, 0.6) is 5.75 Å². The zero-order chi connectivity index (χ0) is 19.9. The third kappa shape index (κ3) is 3.36. The lowest BCUT2D eigenvalue weighted by atomic mass is 9.94. The molecule has 2 N–H and O–H groups in total. The van der Waals surface area contributed by atoms with Crippen molar-refractivity contribution in [2.75, 3.05) is 7.11 Å². The molecule has 1 saturated carbocycles. The van der Waals surface area contributed by atoms with E-state index in [1.54, 1.807) is 7.11 Å². The highest BCUT2D eigenvalue weighted by Crippen LogP contribution is 2.38. The number of rotatable bonds is 5. The van der Waals surface area contributed by atoms with E-state index >= 15 is 0 Å². The zero-order valence-corrected chi connectivity index (χ0v) is 16.5. The number of amides is 1. The summed E-state index contributed by atoms with van der Waals surface area (Å²) in [4.78, 5) is 12.6. The van der Waals surface area contributed by atoms with Crippen LogP contribution in [0.25, 0.3) is 21.9 Å². The van der Waals surface area contributed by atoms with Crippen LogP contribution in [-0.2, 0) is 0 Å². The number of carbonyl (C=O) groups is 1. The predicted octanol–water partition coefficient (Wildman–Crippen LogP) is 4.47. The Hall–Kier alpha value is -2.85. The third-order valence-electron chi connectivity index (χ3n) is 5.78. The fourth-order valence-corrected chi connectivity index (χ4v) is 3.70. The molecule has 1 aliphatic rings. The molecule has 1 amide bonds. The van der Waals surface area contributed by atoms with Crippen molar-refractivity contribution in [3.05, 3.63) is 65.7 Å². The lowest BCUT2D eigenvalue weighted by molar-refractivity contribution is 0.0794. The molecule has 1 atom stereocenters. The second-order valence-electron chi connectivity index (χ2n) is 7.72. The molecular weight excluding hydrogens is 350 g/mol. The average Bonchev–Trinajstić information content (AvgIpc) is 3.46. The van der Waals surface area contributed by atoms with E-state index in [4.69, 9.17) is 4.74 Å². The van der Waals surface area contributed by atoms with Crippen molar-refractivity contribution in [2.45, 2.75) is 38.3 Å². The molecule has 0 aliphatic heterocycles. The molecule has 28 heavy (non-hydrogen) atoms. The number of methoxy groups -OCH3 is 1. The van der Waals surface area contributed by atoms with Gasteiger partial charge in [0, 0.05) is 5.56 Å². The minimum Gasteiger partial charge on any atom is -0.497 e. The van der Waals surface area contributed by atoms with Crippen LogP contribution in [0.1, 0.15) is 35.7 Å². The maximum absolute atomic E-state index is 12.6. The molecule has 0 spiro atoms. The summed E-state index contributed by atoms with van der Waals surface area (Å²) in [7, 11) is 1.67. The van der Waals surface area contributed by atoms with E-state index in [9.17, 15) is 9.90 Å². The highest BCUT2D eigenvalue weighted by molar-refractivity contribution is 6.03. The van der Waals surface area contributed by atoms with Gasteiger partial charge >= 0.3 is 0 Å². The highest BCUT2D eigenvalue weighted by atomic mass is 16.5. The van der Waals surface area contributed by atoms with E-state index in [-0.39, 0.29) is 11.9 Å². The first-order valence-corrected chi connectivity index (χ1v) is 9.62. The number of fused-ring (bicyclic) bond motifs is 1. The molecule has 3 aromatic carbocycles. The van der Waals surface area contributed by atoms with E-state index in [2.05, 4.69) is 24.4 Å². The van der Waals surface area contributed by atoms with Crippen LogP contribution in [0.2, 0.25) is 0 Å². The molecule has 1 aliphatic carbocycles. The van der Waals surface area contributed by atoms with Crippen LogP contribution < -0.4 is 10.1 Å². The molecule has 1 unspecified atom stereocenters. The van der Waals surface area contributed by atoms with Gasteiger partial charge in [-0.3, -0.25) is 4.79 Å². The molecule has 0 heterocycles. The Morgan fingerprint density at radius 2 is 1.89 bits per heavy atom. The predicted molar refractivity (Wildman–Crippen MR) is 112 cm³/mol. The summed E-state index contributed by atoms with van der Waals surface area (Å²) in [6, 6.07) is 17.7. The van der Waals surface area contributed by atoms with Gasteiger partial charge in [-0.25, -0.2) is 0 Å². The van der Waals surface area contributed by atoms with E-state index in [0.29, 0.717) is 5.56 Å². The SMILES string of the molecule is COc1ccc(-c2cccc3cc(C(=O)NC(C)C4(O)CC4)ccc23)c(C)c1. The Kier molecular flexibility index (Phi) is 4.60. The quantitative estimate of drug-likeness (QED) is 0.692. The van der Waals surface area contributed by atoms with Crippen LogP contribution in [0.3, 0.4) is 0 Å². The van der Waals surface area contributed by atoms with Gasteiger partial charge in [0.2, 0.25) is 0 Å². The second-order valence-corrected chi connectivity index (χ2v) is 7.72. The lowest BCUT2D eigenvalue weighted by Gasteiger charge is -2.19. The van der Waals surface area contributed by atoms with Crippen molar-refractivity contribution in [3.8, 4) is 16.9 Å². The summed E-state index contributed by atoms with van der Waals surface area (Å²) >= 11 is 0. The molecule has 3 aromatic rings. The van der Waals surface area contributed by atoms with Crippen molar-refractivity contribution >= 4 is 16.7 Å². The summed E-state index contributed by atoms with van der Waals surface area (Å²) in [5.41, 5.74) is 3.29. The van der Waals surface area contributed by atoms with Crippen molar-refractivity contribution in [2.24, 2.45) is 0 Å². The van der Waals surface area contributed by atoms with E-state index in [1.165, 1.54) is 0 Å². The number of ether oxygens (including phenoxy) is 1. The van der Waals surface area contributed by atoms with Crippen molar-refractivity contribution in [3.63, 3.8) is 0 Å². The molecule has 1 fully saturated rings. The van der Waals surface area contributed by atoms with E-state index in [0.717, 1.165) is 46.1 Å². The van der Waals surface area contributed by atoms with Gasteiger partial charge in [0.25, 0.3) is 5.91 Å². The Morgan fingerprint density at radius 3 is 2.57 bits per heavy atom. The number of hydrogen-bond acceptors (Lipinski definition) is 3. The Morgan fingerprint density at radius 1 is 1.11 bits per heavy atom. The summed E-state index contributed by atoms with van der Waals surface area (Å²) in [6.45, 7) is 3.93. The Bertz CT molecular complexity index is 1050. The summed E-state index contributed by atoms with van der Waals surface area (Å²) in [5, 5.41) is 15.2. The van der Waals surface area contributed by atoms with Crippen molar-refractivity contribution < 1.29 is 14.6 Å². The first-order valence-electron chi connectivity index (χ1n) is 9.62. The topological polar surface area (TPSA) is 58.6 Å².